The number of carbonyl (C=O) groups excluding carboxylic acids is 4. The van der Waals surface area contributed by atoms with Crippen molar-refractivity contribution in [1.82, 2.24) is 0 Å². The number of hydrogen-bond acceptors (Lipinski definition) is 15. The van der Waals surface area contributed by atoms with Crippen LogP contribution in [0.1, 0.15) is 376 Å². The van der Waals surface area contributed by atoms with E-state index in [0.29, 0.717) is 31.6 Å². The van der Waals surface area contributed by atoms with E-state index in [1.165, 1.54) is 173 Å². The molecule has 0 bridgehead atoms. The molecule has 19 heteroatoms. The minimum Gasteiger partial charge on any atom is -0.462 e. The Kier molecular flexibility index (Phi) is 63.1. The number of hydrogen-bond donors (Lipinski definition) is 3. The molecule has 0 spiro atoms. The number of aliphatic hydroxyl groups excluding tert-OH is 1. The van der Waals surface area contributed by atoms with E-state index in [2.05, 4.69) is 55.4 Å². The number of rotatable bonds is 72. The predicted octanol–water partition coefficient (Wildman–Crippen LogP) is 21.7. The highest BCUT2D eigenvalue weighted by atomic mass is 31.2. The SMILES string of the molecule is CC(C)CCCCCCCCCCCCCCCCCC(=O)O[C@H](COC(=O)CCCCCCCCCCCCCCCC(C)C)COP(=O)(O)OC[C@@H](O)COP(=O)(O)OC[C@@H](COC(=O)CCCCCCCCC(C)C)OC(=O)CCCCCCCCCCC(C)C. The van der Waals surface area contributed by atoms with E-state index in [1.807, 2.05) is 0 Å². The molecule has 2 unspecified atom stereocenters. The van der Waals surface area contributed by atoms with Crippen LogP contribution in [0.15, 0.2) is 0 Å². The topological polar surface area (TPSA) is 237 Å². The first-order chi connectivity index (χ1) is 45.1. The van der Waals surface area contributed by atoms with Gasteiger partial charge in [0.05, 0.1) is 26.4 Å². The average Bonchev–Trinajstić information content (AvgIpc) is 1.32. The fourth-order valence-corrected chi connectivity index (χ4v) is 13.0. The van der Waals surface area contributed by atoms with Gasteiger partial charge in [0, 0.05) is 25.7 Å². The van der Waals surface area contributed by atoms with Crippen LogP contribution >= 0.6 is 15.6 Å². The lowest BCUT2D eigenvalue weighted by atomic mass is 10.0. The summed E-state index contributed by atoms with van der Waals surface area (Å²) in [5, 5.41) is 10.6. The maximum atomic E-state index is 13.1. The van der Waals surface area contributed by atoms with Crippen molar-refractivity contribution in [2.75, 3.05) is 39.6 Å². The molecule has 0 aliphatic carbocycles. The summed E-state index contributed by atoms with van der Waals surface area (Å²) in [6.45, 7) is 14.1. The van der Waals surface area contributed by atoms with Crippen LogP contribution in [0.4, 0.5) is 0 Å². The van der Waals surface area contributed by atoms with Gasteiger partial charge in [0.15, 0.2) is 12.2 Å². The molecule has 0 aromatic rings. The Balaban J connectivity index is 5.23. The second-order valence-corrected chi connectivity index (χ2v) is 31.9. The minimum atomic E-state index is -4.96. The zero-order chi connectivity index (χ0) is 69.6. The number of aliphatic hydroxyl groups is 1. The molecule has 5 atom stereocenters. The largest absolute Gasteiger partial charge is 0.472 e. The van der Waals surface area contributed by atoms with Crippen molar-refractivity contribution in [2.45, 2.75) is 395 Å². The van der Waals surface area contributed by atoms with Gasteiger partial charge in [-0.15, -0.1) is 0 Å². The summed E-state index contributed by atoms with van der Waals surface area (Å²) in [6.07, 6.45) is 48.8. The molecule has 0 radical (unpaired) electrons. The standard InChI is InChI=1S/C75H146O17P2/c1-65(2)51-43-35-27-21-17-13-10-9-11-15-20-24-31-41-49-57-74(79)91-70(61-85-72(77)55-47-39-30-23-19-16-12-14-18-22-28-36-44-52-66(3)4)63-89-93(81,82)87-59-69(76)60-88-94(83,84)90-64-71(62-86-73(78)56-48-40-34-33-38-46-54-68(7)8)92-75(80)58-50-42-32-26-25-29-37-45-53-67(5)6/h65-71,76H,9-64H2,1-8H3,(H,81,82)(H,83,84)/t69-,70-,71-/m1/s1. The van der Waals surface area contributed by atoms with Crippen LogP contribution in [0.25, 0.3) is 0 Å². The summed E-state index contributed by atoms with van der Waals surface area (Å²) in [5.74, 6) is 0.866. The van der Waals surface area contributed by atoms with Crippen molar-refractivity contribution in [3.05, 3.63) is 0 Å². The Labute approximate surface area is 575 Å². The Bertz CT molecular complexity index is 1850. The molecule has 3 N–H and O–H groups in total. The van der Waals surface area contributed by atoms with E-state index in [0.717, 1.165) is 114 Å². The molecule has 0 amide bonds. The Hall–Kier alpha value is -1.94. The summed E-state index contributed by atoms with van der Waals surface area (Å²) in [4.78, 5) is 72.7. The molecule has 0 aromatic carbocycles. The number of carbonyl (C=O) groups is 4. The van der Waals surface area contributed by atoms with Crippen molar-refractivity contribution < 1.29 is 80.2 Å². The molecule has 0 rings (SSSR count). The van der Waals surface area contributed by atoms with E-state index in [4.69, 9.17) is 37.0 Å². The minimum absolute atomic E-state index is 0.103. The van der Waals surface area contributed by atoms with Crippen molar-refractivity contribution in [3.63, 3.8) is 0 Å². The summed E-state index contributed by atoms with van der Waals surface area (Å²) in [5.41, 5.74) is 0. The van der Waals surface area contributed by atoms with Crippen LogP contribution in [-0.2, 0) is 65.4 Å². The van der Waals surface area contributed by atoms with Crippen molar-refractivity contribution in [2.24, 2.45) is 23.7 Å². The van der Waals surface area contributed by atoms with Gasteiger partial charge < -0.3 is 33.8 Å². The number of unbranched alkanes of at least 4 members (excludes halogenated alkanes) is 38. The van der Waals surface area contributed by atoms with E-state index < -0.39 is 97.5 Å². The van der Waals surface area contributed by atoms with Gasteiger partial charge in [-0.05, 0) is 49.4 Å². The van der Waals surface area contributed by atoms with Gasteiger partial charge in [-0.3, -0.25) is 37.3 Å². The van der Waals surface area contributed by atoms with Gasteiger partial charge in [0.25, 0.3) is 0 Å². The summed E-state index contributed by atoms with van der Waals surface area (Å²) in [7, 11) is -9.91. The van der Waals surface area contributed by atoms with E-state index in [1.54, 1.807) is 0 Å². The molecule has 0 saturated carbocycles. The average molecular weight is 1380 g/mol. The Morgan fingerprint density at radius 1 is 0.266 bits per heavy atom. The zero-order valence-corrected chi connectivity index (χ0v) is 63.4. The Morgan fingerprint density at radius 2 is 0.447 bits per heavy atom. The lowest BCUT2D eigenvalue weighted by molar-refractivity contribution is -0.161. The molecular formula is C75H146O17P2. The number of phosphoric acid groups is 2. The molecule has 0 aliphatic heterocycles. The van der Waals surface area contributed by atoms with Gasteiger partial charge in [-0.1, -0.05) is 325 Å². The third-order valence-corrected chi connectivity index (χ3v) is 19.2. The Morgan fingerprint density at radius 3 is 0.660 bits per heavy atom. The zero-order valence-electron chi connectivity index (χ0n) is 61.6. The van der Waals surface area contributed by atoms with Crippen LogP contribution < -0.4 is 0 Å². The predicted molar refractivity (Wildman–Crippen MR) is 381 cm³/mol. The first-order valence-corrected chi connectivity index (χ1v) is 41.7. The van der Waals surface area contributed by atoms with Gasteiger partial charge in [-0.25, -0.2) is 9.13 Å². The normalized spacial score (nSPS) is 14.2. The van der Waals surface area contributed by atoms with Crippen LogP contribution in [0.2, 0.25) is 0 Å². The lowest BCUT2D eigenvalue weighted by Gasteiger charge is -2.21. The second kappa shape index (κ2) is 64.4. The van der Waals surface area contributed by atoms with Gasteiger partial charge in [0.1, 0.15) is 19.3 Å². The van der Waals surface area contributed by atoms with E-state index in [9.17, 15) is 43.2 Å². The highest BCUT2D eigenvalue weighted by Gasteiger charge is 2.30. The van der Waals surface area contributed by atoms with Crippen LogP contribution in [0, 0.1) is 23.7 Å². The van der Waals surface area contributed by atoms with Crippen molar-refractivity contribution >= 4 is 39.5 Å². The van der Waals surface area contributed by atoms with Gasteiger partial charge >= 0.3 is 39.5 Å². The summed E-state index contributed by atoms with van der Waals surface area (Å²) >= 11 is 0. The number of esters is 4. The molecule has 0 heterocycles. The molecule has 0 fully saturated rings. The molecule has 94 heavy (non-hydrogen) atoms. The van der Waals surface area contributed by atoms with Crippen molar-refractivity contribution in [1.29, 1.82) is 0 Å². The van der Waals surface area contributed by atoms with Gasteiger partial charge in [-0.2, -0.15) is 0 Å². The first-order valence-electron chi connectivity index (χ1n) is 38.7. The smallest absolute Gasteiger partial charge is 0.462 e. The third-order valence-electron chi connectivity index (χ3n) is 17.3. The molecule has 17 nitrogen and oxygen atoms in total. The number of ether oxygens (including phenoxy) is 4. The molecule has 0 aliphatic rings. The van der Waals surface area contributed by atoms with Crippen LogP contribution in [-0.4, -0.2) is 96.7 Å². The molecule has 0 saturated heterocycles. The fraction of sp³-hybridized carbons (Fsp3) is 0.947. The number of phosphoric ester groups is 2. The molecule has 558 valence electrons. The monoisotopic (exact) mass is 1380 g/mol. The molecule has 0 aromatic heterocycles. The van der Waals surface area contributed by atoms with Crippen molar-refractivity contribution in [3.8, 4) is 0 Å². The highest BCUT2D eigenvalue weighted by Crippen LogP contribution is 2.45. The van der Waals surface area contributed by atoms with Gasteiger partial charge in [0.2, 0.25) is 0 Å². The quantitative estimate of drug-likeness (QED) is 0.0222. The maximum absolute atomic E-state index is 13.1. The summed E-state index contributed by atoms with van der Waals surface area (Å²) < 4.78 is 68.4. The second-order valence-electron chi connectivity index (χ2n) is 28.9. The van der Waals surface area contributed by atoms with Crippen LogP contribution in [0.5, 0.6) is 0 Å². The lowest BCUT2D eigenvalue weighted by Crippen LogP contribution is -2.30. The fourth-order valence-electron chi connectivity index (χ4n) is 11.4. The first kappa shape index (κ1) is 92.1. The van der Waals surface area contributed by atoms with E-state index >= 15 is 0 Å². The summed E-state index contributed by atoms with van der Waals surface area (Å²) in [6, 6.07) is 0. The third kappa shape index (κ3) is 68.6. The van der Waals surface area contributed by atoms with Crippen LogP contribution in [0.3, 0.4) is 0 Å². The maximum Gasteiger partial charge on any atom is 0.472 e. The van der Waals surface area contributed by atoms with E-state index in [-0.39, 0.29) is 25.7 Å². The highest BCUT2D eigenvalue weighted by molar-refractivity contribution is 7.47. The molecular weight excluding hydrogens is 1230 g/mol.